The molecular weight excluding hydrogens is 352 g/mol. The second-order valence-corrected chi connectivity index (χ2v) is 9.68. The highest BCUT2D eigenvalue weighted by Gasteiger charge is 2.26. The number of rotatable bonds is 11. The zero-order chi connectivity index (χ0) is 20.2. The van der Waals surface area contributed by atoms with Crippen molar-refractivity contribution in [2.75, 3.05) is 19.8 Å². The van der Waals surface area contributed by atoms with Gasteiger partial charge in [-0.05, 0) is 25.2 Å². The number of hydrogen-bond acceptors (Lipinski definition) is 4. The van der Waals surface area contributed by atoms with Crippen LogP contribution in [0.5, 0.6) is 0 Å². The van der Waals surface area contributed by atoms with Crippen molar-refractivity contribution in [1.29, 1.82) is 0 Å². The molecule has 1 fully saturated rings. The summed E-state index contributed by atoms with van der Waals surface area (Å²) in [6.45, 7) is 13.3. The Labute approximate surface area is 168 Å². The van der Waals surface area contributed by atoms with Crippen molar-refractivity contribution in [1.82, 2.24) is 19.9 Å². The number of aromatic amines is 2. The molecule has 2 heterocycles. The number of nitrogens with zero attached hydrogens (tertiary/aromatic N) is 2. The molecule has 1 saturated carbocycles. The second-order valence-electron chi connectivity index (χ2n) is 9.68. The van der Waals surface area contributed by atoms with Crippen LogP contribution in [0, 0.1) is 5.92 Å². The quantitative estimate of drug-likeness (QED) is 0.563. The molecule has 3 rings (SSSR count). The van der Waals surface area contributed by atoms with Gasteiger partial charge >= 0.3 is 0 Å². The third kappa shape index (κ3) is 6.17. The number of imidazole rings is 2. The number of ether oxygens (including phenoxy) is 2. The molecule has 0 unspecified atom stereocenters. The maximum absolute atomic E-state index is 5.78. The molecule has 1 aliphatic rings. The van der Waals surface area contributed by atoms with Gasteiger partial charge in [-0.25, -0.2) is 9.97 Å². The molecule has 6 nitrogen and oxygen atoms in total. The van der Waals surface area contributed by atoms with E-state index < -0.39 is 0 Å². The maximum Gasteiger partial charge on any atom is 0.132 e. The highest BCUT2D eigenvalue weighted by atomic mass is 16.5. The Morgan fingerprint density at radius 3 is 2.21 bits per heavy atom. The van der Waals surface area contributed by atoms with Crippen LogP contribution in [0.1, 0.15) is 76.9 Å². The lowest BCUT2D eigenvalue weighted by atomic mass is 9.86. The standard InChI is InChI=1S/C22H36N4O2/c1-21(2,3)17-13-24-20(25-17)15-28-11-10-27-9-8-22(4,5)18-14-23-19(26-18)12-16-6-7-16/h13-14,16H,6-12,15H2,1-5H3,(H,23,26)(H,24,25). The molecule has 0 amide bonds. The average Bonchev–Trinajstić information content (AvgIpc) is 3.09. The first-order valence-electron chi connectivity index (χ1n) is 10.5. The van der Waals surface area contributed by atoms with E-state index in [0.717, 1.165) is 36.1 Å². The molecule has 0 radical (unpaired) electrons. The molecule has 0 bridgehead atoms. The van der Waals surface area contributed by atoms with Gasteiger partial charge in [-0.3, -0.25) is 0 Å². The van der Waals surface area contributed by atoms with Gasteiger partial charge in [0.1, 0.15) is 18.3 Å². The topological polar surface area (TPSA) is 75.8 Å². The lowest BCUT2D eigenvalue weighted by Gasteiger charge is -2.22. The maximum atomic E-state index is 5.78. The molecule has 0 aromatic carbocycles. The molecule has 156 valence electrons. The first kappa shape index (κ1) is 21.1. The highest BCUT2D eigenvalue weighted by molar-refractivity contribution is 5.13. The van der Waals surface area contributed by atoms with Gasteiger partial charge in [0.15, 0.2) is 0 Å². The fourth-order valence-electron chi connectivity index (χ4n) is 3.07. The first-order chi connectivity index (χ1) is 13.2. The van der Waals surface area contributed by atoms with Crippen LogP contribution in [0.4, 0.5) is 0 Å². The minimum absolute atomic E-state index is 0.0349. The van der Waals surface area contributed by atoms with Crippen molar-refractivity contribution in [3.63, 3.8) is 0 Å². The summed E-state index contributed by atoms with van der Waals surface area (Å²) in [5, 5.41) is 0. The third-order valence-electron chi connectivity index (χ3n) is 5.46. The van der Waals surface area contributed by atoms with Crippen LogP contribution in [-0.2, 0) is 33.3 Å². The van der Waals surface area contributed by atoms with Gasteiger partial charge in [0.25, 0.3) is 0 Å². The van der Waals surface area contributed by atoms with Crippen LogP contribution in [0.25, 0.3) is 0 Å². The zero-order valence-electron chi connectivity index (χ0n) is 18.1. The average molecular weight is 389 g/mol. The van der Waals surface area contributed by atoms with E-state index in [1.165, 1.54) is 18.5 Å². The van der Waals surface area contributed by atoms with Crippen LogP contribution < -0.4 is 0 Å². The summed E-state index contributed by atoms with van der Waals surface area (Å²) in [5.74, 6) is 2.85. The van der Waals surface area contributed by atoms with Crippen molar-refractivity contribution >= 4 is 0 Å². The lowest BCUT2D eigenvalue weighted by molar-refractivity contribution is 0.0335. The zero-order valence-corrected chi connectivity index (χ0v) is 18.1. The van der Waals surface area contributed by atoms with Crippen LogP contribution in [-0.4, -0.2) is 39.8 Å². The predicted octanol–water partition coefficient (Wildman–Crippen LogP) is 4.28. The Morgan fingerprint density at radius 2 is 1.54 bits per heavy atom. The van der Waals surface area contributed by atoms with Gasteiger partial charge < -0.3 is 19.4 Å². The monoisotopic (exact) mass is 388 g/mol. The molecular formula is C22H36N4O2. The summed E-state index contributed by atoms with van der Waals surface area (Å²) in [4.78, 5) is 15.8. The van der Waals surface area contributed by atoms with E-state index in [-0.39, 0.29) is 10.8 Å². The summed E-state index contributed by atoms with van der Waals surface area (Å²) in [5.41, 5.74) is 2.45. The highest BCUT2D eigenvalue weighted by Crippen LogP contribution is 2.33. The first-order valence-corrected chi connectivity index (χ1v) is 10.5. The van der Waals surface area contributed by atoms with E-state index in [4.69, 9.17) is 9.47 Å². The molecule has 2 aromatic heterocycles. The SMILES string of the molecule is CC(C)(C)c1cnc(COCCOCCC(C)(C)c2cnc(CC3CC3)[nH]2)[nH]1. The van der Waals surface area contributed by atoms with Crippen LogP contribution >= 0.6 is 0 Å². The number of aromatic nitrogens is 4. The molecule has 0 atom stereocenters. The van der Waals surface area contributed by atoms with Crippen molar-refractivity contribution < 1.29 is 9.47 Å². The van der Waals surface area contributed by atoms with E-state index in [9.17, 15) is 0 Å². The lowest BCUT2D eigenvalue weighted by Crippen LogP contribution is -2.21. The van der Waals surface area contributed by atoms with Crippen molar-refractivity contribution in [2.45, 2.75) is 77.7 Å². The summed E-state index contributed by atoms with van der Waals surface area (Å²) in [6, 6.07) is 0. The Morgan fingerprint density at radius 1 is 0.893 bits per heavy atom. The minimum Gasteiger partial charge on any atom is -0.379 e. The summed E-state index contributed by atoms with van der Waals surface area (Å²) in [6.07, 6.45) is 8.64. The molecule has 0 saturated heterocycles. The van der Waals surface area contributed by atoms with Crippen molar-refractivity contribution in [3.05, 3.63) is 35.4 Å². The van der Waals surface area contributed by atoms with Gasteiger partial charge in [-0.2, -0.15) is 0 Å². The molecule has 6 heteroatoms. The molecule has 2 N–H and O–H groups in total. The molecule has 0 aliphatic heterocycles. The summed E-state index contributed by atoms with van der Waals surface area (Å²) < 4.78 is 11.5. The van der Waals surface area contributed by atoms with E-state index >= 15 is 0 Å². The second kappa shape index (κ2) is 8.78. The normalized spacial score (nSPS) is 15.3. The Kier molecular flexibility index (Phi) is 6.61. The summed E-state index contributed by atoms with van der Waals surface area (Å²) in [7, 11) is 0. The van der Waals surface area contributed by atoms with Crippen molar-refractivity contribution in [3.8, 4) is 0 Å². The fraction of sp³-hybridized carbons (Fsp3) is 0.727. The largest absolute Gasteiger partial charge is 0.379 e. The Balaban J connectivity index is 1.29. The number of nitrogens with one attached hydrogen (secondary N) is 2. The third-order valence-corrected chi connectivity index (χ3v) is 5.46. The van der Waals surface area contributed by atoms with Gasteiger partial charge in [0.05, 0.1) is 13.2 Å². The van der Waals surface area contributed by atoms with E-state index in [0.29, 0.717) is 26.4 Å². The minimum atomic E-state index is 0.0349. The Bertz CT molecular complexity index is 738. The number of hydrogen-bond donors (Lipinski definition) is 2. The number of H-pyrrole nitrogens is 2. The van der Waals surface area contributed by atoms with Crippen molar-refractivity contribution in [2.24, 2.45) is 5.92 Å². The summed E-state index contributed by atoms with van der Waals surface area (Å²) >= 11 is 0. The van der Waals surface area contributed by atoms with E-state index in [1.807, 2.05) is 12.4 Å². The smallest absolute Gasteiger partial charge is 0.132 e. The van der Waals surface area contributed by atoms with Crippen LogP contribution in [0.2, 0.25) is 0 Å². The van der Waals surface area contributed by atoms with Gasteiger partial charge in [0, 0.05) is 47.6 Å². The van der Waals surface area contributed by atoms with Crippen LogP contribution in [0.15, 0.2) is 12.4 Å². The fourth-order valence-corrected chi connectivity index (χ4v) is 3.07. The van der Waals surface area contributed by atoms with Gasteiger partial charge in [0.2, 0.25) is 0 Å². The predicted molar refractivity (Wildman–Crippen MR) is 110 cm³/mol. The Hall–Kier alpha value is -1.66. The molecule has 28 heavy (non-hydrogen) atoms. The molecule has 1 aliphatic carbocycles. The van der Waals surface area contributed by atoms with Gasteiger partial charge in [-0.1, -0.05) is 34.6 Å². The molecule has 0 spiro atoms. The molecule has 2 aromatic rings. The van der Waals surface area contributed by atoms with E-state index in [1.54, 1.807) is 0 Å². The van der Waals surface area contributed by atoms with E-state index in [2.05, 4.69) is 54.6 Å². The van der Waals surface area contributed by atoms with Crippen LogP contribution in [0.3, 0.4) is 0 Å². The van der Waals surface area contributed by atoms with Gasteiger partial charge in [-0.15, -0.1) is 0 Å².